The lowest BCUT2D eigenvalue weighted by Crippen LogP contribution is -2.51. The lowest BCUT2D eigenvalue weighted by molar-refractivity contribution is 0.108. The Kier molecular flexibility index (Phi) is 5.42. The number of rotatable bonds is 5. The average Bonchev–Trinajstić information content (AvgIpc) is 3.64. The summed E-state index contributed by atoms with van der Waals surface area (Å²) >= 11 is 0. The molecule has 39 heavy (non-hydrogen) atoms. The predicted molar refractivity (Wildman–Crippen MR) is 152 cm³/mol. The Bertz CT molecular complexity index is 1550. The highest BCUT2D eigenvalue weighted by Crippen LogP contribution is 2.40. The first-order valence-corrected chi connectivity index (χ1v) is 14.4. The van der Waals surface area contributed by atoms with Gasteiger partial charge in [-0.3, -0.25) is 9.88 Å². The zero-order valence-corrected chi connectivity index (χ0v) is 22.1. The van der Waals surface area contributed by atoms with Crippen molar-refractivity contribution < 1.29 is 9.84 Å². The van der Waals surface area contributed by atoms with Crippen LogP contribution in [0.1, 0.15) is 38.5 Å². The summed E-state index contributed by atoms with van der Waals surface area (Å²) in [5, 5.41) is 16.3. The molecule has 2 bridgehead atoms. The Morgan fingerprint density at radius 1 is 1.00 bits per heavy atom. The van der Waals surface area contributed by atoms with Crippen molar-refractivity contribution in [3.8, 4) is 22.9 Å². The predicted octanol–water partition coefficient (Wildman–Crippen LogP) is 4.50. The SMILES string of the molecule is Oc1cc(-c2cnc3c(N4CC5CCC(C4)N5)nc(OCC45CCCN4CCC5)nc3c2)c2ccccc2c1. The second kappa shape index (κ2) is 9.03. The van der Waals surface area contributed by atoms with E-state index in [1.54, 1.807) is 6.07 Å². The average molecular weight is 523 g/mol. The molecule has 2 unspecified atom stereocenters. The maximum absolute atomic E-state index is 10.5. The molecule has 0 radical (unpaired) electrons. The van der Waals surface area contributed by atoms with Gasteiger partial charge in [0.2, 0.25) is 0 Å². The van der Waals surface area contributed by atoms with Gasteiger partial charge < -0.3 is 20.1 Å². The number of fused-ring (bicyclic) bond motifs is 5. The molecule has 4 saturated heterocycles. The quantitative estimate of drug-likeness (QED) is 0.396. The van der Waals surface area contributed by atoms with E-state index in [1.165, 1.54) is 51.6 Å². The summed E-state index contributed by atoms with van der Waals surface area (Å²) in [6.45, 7) is 4.81. The van der Waals surface area contributed by atoms with E-state index in [0.29, 0.717) is 24.7 Å². The maximum Gasteiger partial charge on any atom is 0.319 e. The van der Waals surface area contributed by atoms with Crippen LogP contribution in [0.3, 0.4) is 0 Å². The third-order valence-corrected chi connectivity index (χ3v) is 9.45. The number of hydrogen-bond donors (Lipinski definition) is 2. The highest BCUT2D eigenvalue weighted by molar-refractivity contribution is 5.99. The minimum absolute atomic E-state index is 0.132. The molecular weight excluding hydrogens is 488 g/mol. The summed E-state index contributed by atoms with van der Waals surface area (Å²) in [6, 6.07) is 15.2. The van der Waals surface area contributed by atoms with E-state index in [4.69, 9.17) is 19.7 Å². The Balaban J connectivity index is 1.22. The van der Waals surface area contributed by atoms with Crippen molar-refractivity contribution in [1.29, 1.82) is 0 Å². The van der Waals surface area contributed by atoms with E-state index in [-0.39, 0.29) is 11.3 Å². The normalized spacial score (nSPS) is 24.1. The number of hydrogen-bond acceptors (Lipinski definition) is 8. The van der Waals surface area contributed by atoms with Crippen LogP contribution in [0, 0.1) is 0 Å². The number of nitrogens with one attached hydrogen (secondary N) is 1. The standard InChI is InChI=1S/C31H34N6O2/c38-24-13-20-5-1-2-6-25(20)26(15-24)21-14-27-28(32-16-21)29(36-17-22-7-8-23(18-36)33-22)35-30(34-27)39-19-31-9-3-11-37(31)12-4-10-31/h1-2,5-6,13-16,22-23,33,38H,3-4,7-12,17-19H2. The Morgan fingerprint density at radius 3 is 2.62 bits per heavy atom. The first-order valence-electron chi connectivity index (χ1n) is 14.4. The zero-order valence-electron chi connectivity index (χ0n) is 22.1. The van der Waals surface area contributed by atoms with E-state index < -0.39 is 0 Å². The number of nitrogens with zero attached hydrogens (tertiary/aromatic N) is 5. The molecule has 0 aliphatic carbocycles. The molecule has 8 heteroatoms. The number of pyridine rings is 1. The van der Waals surface area contributed by atoms with Gasteiger partial charge in [-0.05, 0) is 86.1 Å². The van der Waals surface area contributed by atoms with Crippen LogP contribution in [0.25, 0.3) is 32.9 Å². The minimum Gasteiger partial charge on any atom is -0.508 e. The fourth-order valence-corrected chi connectivity index (χ4v) is 7.58. The highest BCUT2D eigenvalue weighted by Gasteiger charge is 2.45. The second-order valence-corrected chi connectivity index (χ2v) is 11.9. The van der Waals surface area contributed by atoms with E-state index in [2.05, 4.69) is 27.2 Å². The summed E-state index contributed by atoms with van der Waals surface area (Å²) < 4.78 is 6.46. The first kappa shape index (κ1) is 23.4. The van der Waals surface area contributed by atoms with Crippen LogP contribution in [0.2, 0.25) is 0 Å². The van der Waals surface area contributed by atoms with Crippen LogP contribution in [0.15, 0.2) is 48.7 Å². The van der Waals surface area contributed by atoms with Crippen LogP contribution >= 0.6 is 0 Å². The number of piperazine rings is 1. The largest absolute Gasteiger partial charge is 0.508 e. The van der Waals surface area contributed by atoms with Crippen LogP contribution in [0.5, 0.6) is 11.8 Å². The van der Waals surface area contributed by atoms with E-state index in [1.807, 2.05) is 30.5 Å². The van der Waals surface area contributed by atoms with Gasteiger partial charge >= 0.3 is 6.01 Å². The molecule has 6 heterocycles. The number of phenols is 1. The van der Waals surface area contributed by atoms with Crippen molar-refractivity contribution in [3.05, 3.63) is 48.7 Å². The molecule has 0 saturated carbocycles. The van der Waals surface area contributed by atoms with Gasteiger partial charge in [-0.2, -0.15) is 9.97 Å². The lowest BCUT2D eigenvalue weighted by Gasteiger charge is -2.34. The number of aromatic hydroxyl groups is 1. The molecule has 2 aromatic carbocycles. The summed E-state index contributed by atoms with van der Waals surface area (Å²) in [6.07, 6.45) is 9.14. The molecule has 4 aliphatic rings. The van der Waals surface area contributed by atoms with Gasteiger partial charge in [-0.1, -0.05) is 24.3 Å². The third-order valence-electron chi connectivity index (χ3n) is 9.45. The molecule has 4 aromatic rings. The molecule has 200 valence electrons. The van der Waals surface area contributed by atoms with Crippen molar-refractivity contribution in [3.63, 3.8) is 0 Å². The monoisotopic (exact) mass is 522 g/mol. The number of benzene rings is 2. The van der Waals surface area contributed by atoms with Crippen LogP contribution in [-0.4, -0.2) is 75.4 Å². The summed E-state index contributed by atoms with van der Waals surface area (Å²) in [4.78, 5) is 19.9. The van der Waals surface area contributed by atoms with Gasteiger partial charge in [0.15, 0.2) is 5.82 Å². The van der Waals surface area contributed by atoms with E-state index in [0.717, 1.165) is 51.8 Å². The summed E-state index contributed by atoms with van der Waals surface area (Å²) in [7, 11) is 0. The fourth-order valence-electron chi connectivity index (χ4n) is 7.58. The van der Waals surface area contributed by atoms with Crippen molar-refractivity contribution >= 4 is 27.6 Å². The van der Waals surface area contributed by atoms with Gasteiger partial charge in [-0.25, -0.2) is 0 Å². The third kappa shape index (κ3) is 4.00. The topological polar surface area (TPSA) is 86.6 Å². The molecule has 4 fully saturated rings. The van der Waals surface area contributed by atoms with Crippen LogP contribution < -0.4 is 15.0 Å². The molecule has 0 amide bonds. The summed E-state index contributed by atoms with van der Waals surface area (Å²) in [5.41, 5.74) is 3.57. The second-order valence-electron chi connectivity index (χ2n) is 11.9. The molecule has 8 rings (SSSR count). The van der Waals surface area contributed by atoms with Gasteiger partial charge in [0, 0.05) is 36.9 Å². The zero-order chi connectivity index (χ0) is 26.0. The molecule has 4 aliphatic heterocycles. The smallest absolute Gasteiger partial charge is 0.319 e. The summed E-state index contributed by atoms with van der Waals surface area (Å²) in [5.74, 6) is 1.11. The molecular formula is C31H34N6O2. The molecule has 8 nitrogen and oxygen atoms in total. The van der Waals surface area contributed by atoms with E-state index in [9.17, 15) is 5.11 Å². The van der Waals surface area contributed by atoms with Crippen LogP contribution in [-0.2, 0) is 0 Å². The molecule has 2 aromatic heterocycles. The van der Waals surface area contributed by atoms with Gasteiger partial charge in [0.1, 0.15) is 17.9 Å². The lowest BCUT2D eigenvalue weighted by atomic mass is 9.95. The van der Waals surface area contributed by atoms with Gasteiger partial charge in [-0.15, -0.1) is 0 Å². The highest BCUT2D eigenvalue weighted by atomic mass is 16.5. The van der Waals surface area contributed by atoms with Crippen molar-refractivity contribution in [2.24, 2.45) is 0 Å². The van der Waals surface area contributed by atoms with Gasteiger partial charge in [0.25, 0.3) is 0 Å². The molecule has 2 N–H and O–H groups in total. The maximum atomic E-state index is 10.5. The number of anilines is 1. The number of ether oxygens (including phenoxy) is 1. The fraction of sp³-hybridized carbons (Fsp3) is 0.452. The van der Waals surface area contributed by atoms with Crippen LogP contribution in [0.4, 0.5) is 5.82 Å². The molecule has 0 spiro atoms. The Hall–Kier alpha value is -3.49. The number of aromatic nitrogens is 3. The minimum atomic E-state index is 0.132. The van der Waals surface area contributed by atoms with Crippen molar-refractivity contribution in [2.45, 2.75) is 56.1 Å². The Morgan fingerprint density at radius 2 is 1.79 bits per heavy atom. The van der Waals surface area contributed by atoms with Crippen molar-refractivity contribution in [2.75, 3.05) is 37.7 Å². The molecule has 2 atom stereocenters. The van der Waals surface area contributed by atoms with Crippen molar-refractivity contribution in [1.82, 2.24) is 25.2 Å². The first-order chi connectivity index (χ1) is 19.1. The van der Waals surface area contributed by atoms with E-state index >= 15 is 0 Å². The van der Waals surface area contributed by atoms with Gasteiger partial charge in [0.05, 0.1) is 11.1 Å². The number of phenolic OH excluding ortho intramolecular Hbond substituents is 1. The Labute approximate surface area is 228 Å².